The van der Waals surface area contributed by atoms with Gasteiger partial charge >= 0.3 is 6.18 Å². The van der Waals surface area contributed by atoms with Gasteiger partial charge in [-0.1, -0.05) is 38.1 Å². The molecule has 1 aromatic carbocycles. The molecule has 2 rings (SSSR count). The number of halogens is 3. The lowest BCUT2D eigenvalue weighted by Gasteiger charge is -2.37. The molecule has 0 aliphatic heterocycles. The lowest BCUT2D eigenvalue weighted by molar-refractivity contribution is -0.192. The van der Waals surface area contributed by atoms with Gasteiger partial charge in [-0.3, -0.25) is 9.69 Å². The van der Waals surface area contributed by atoms with Gasteiger partial charge in [-0.2, -0.15) is 18.4 Å². The molecule has 0 unspecified atom stereocenters. The van der Waals surface area contributed by atoms with Crippen molar-refractivity contribution in [1.82, 2.24) is 9.88 Å². The molecule has 0 aliphatic rings. The first kappa shape index (κ1) is 21.9. The molecule has 9 heteroatoms. The van der Waals surface area contributed by atoms with Crippen molar-refractivity contribution in [3.05, 3.63) is 41.4 Å². The lowest BCUT2D eigenvalue weighted by atomic mass is 9.96. The number of carbonyl (C=O) groups excluding carboxylic acids is 1. The predicted molar refractivity (Wildman–Crippen MR) is 101 cm³/mol. The molecule has 5 nitrogen and oxygen atoms in total. The van der Waals surface area contributed by atoms with Crippen LogP contribution in [0, 0.1) is 17.2 Å². The number of benzene rings is 1. The summed E-state index contributed by atoms with van der Waals surface area (Å²) in [5.41, 5.74) is 6.04. The second-order valence-electron chi connectivity index (χ2n) is 6.78. The largest absolute Gasteiger partial charge is 0.408 e. The molecule has 150 valence electrons. The number of primary amides is 1. The highest BCUT2D eigenvalue weighted by atomic mass is 32.1. The third-order valence-corrected chi connectivity index (χ3v) is 5.05. The first-order chi connectivity index (χ1) is 13.1. The zero-order chi connectivity index (χ0) is 20.9. The van der Waals surface area contributed by atoms with Crippen molar-refractivity contribution in [3.63, 3.8) is 0 Å². The summed E-state index contributed by atoms with van der Waals surface area (Å²) in [6.45, 7) is 3.00. The molecular formula is C19H21F3N4OS. The number of thiazole rings is 1. The zero-order valence-electron chi connectivity index (χ0n) is 15.5. The molecule has 28 heavy (non-hydrogen) atoms. The van der Waals surface area contributed by atoms with E-state index in [0.717, 1.165) is 4.90 Å². The molecule has 0 aliphatic carbocycles. The molecule has 0 spiro atoms. The highest BCUT2D eigenvalue weighted by Crippen LogP contribution is 2.40. The Morgan fingerprint density at radius 3 is 2.39 bits per heavy atom. The summed E-state index contributed by atoms with van der Waals surface area (Å²) in [5.74, 6) is -0.947. The van der Waals surface area contributed by atoms with Gasteiger partial charge in [0.25, 0.3) is 0 Å². The summed E-state index contributed by atoms with van der Waals surface area (Å²) in [7, 11) is 0. The molecule has 2 atom stereocenters. The fourth-order valence-corrected chi connectivity index (χ4v) is 3.71. The van der Waals surface area contributed by atoms with Crippen molar-refractivity contribution in [3.8, 4) is 16.6 Å². The Morgan fingerprint density at radius 1 is 1.32 bits per heavy atom. The molecule has 2 aromatic rings. The van der Waals surface area contributed by atoms with Crippen LogP contribution in [0.25, 0.3) is 10.6 Å². The van der Waals surface area contributed by atoms with Crippen LogP contribution in [0.15, 0.2) is 35.8 Å². The molecule has 0 radical (unpaired) electrons. The van der Waals surface area contributed by atoms with Crippen molar-refractivity contribution in [2.75, 3.05) is 6.54 Å². The molecule has 0 saturated heterocycles. The average Bonchev–Trinajstić information content (AvgIpc) is 3.13. The fourth-order valence-electron chi connectivity index (χ4n) is 3.07. The number of alkyl halides is 3. The highest BCUT2D eigenvalue weighted by molar-refractivity contribution is 7.13. The topological polar surface area (TPSA) is 83.0 Å². The summed E-state index contributed by atoms with van der Waals surface area (Å²) in [6, 6.07) is 4.24. The Morgan fingerprint density at radius 2 is 1.96 bits per heavy atom. The number of rotatable bonds is 8. The number of carbonyl (C=O) groups is 1. The number of amides is 1. The van der Waals surface area contributed by atoms with Crippen LogP contribution < -0.4 is 5.73 Å². The predicted octanol–water partition coefficient (Wildman–Crippen LogP) is 4.14. The minimum Gasteiger partial charge on any atom is -0.368 e. The number of nitrogens with zero attached hydrogens (tertiary/aromatic N) is 3. The second kappa shape index (κ2) is 9.17. The van der Waals surface area contributed by atoms with Crippen molar-refractivity contribution < 1.29 is 18.0 Å². The van der Waals surface area contributed by atoms with Crippen LogP contribution in [0.2, 0.25) is 0 Å². The van der Waals surface area contributed by atoms with Crippen molar-refractivity contribution in [1.29, 1.82) is 5.26 Å². The van der Waals surface area contributed by atoms with Crippen LogP contribution in [-0.2, 0) is 4.79 Å². The van der Waals surface area contributed by atoms with Gasteiger partial charge in [0.15, 0.2) is 0 Å². The molecule has 1 amide bonds. The van der Waals surface area contributed by atoms with Crippen LogP contribution in [0.4, 0.5) is 13.2 Å². The molecule has 0 fully saturated rings. The van der Waals surface area contributed by atoms with Crippen LogP contribution in [0.1, 0.15) is 31.9 Å². The summed E-state index contributed by atoms with van der Waals surface area (Å²) >= 11 is 1.38. The molecular weight excluding hydrogens is 389 g/mol. The van der Waals surface area contributed by atoms with Crippen molar-refractivity contribution >= 4 is 17.2 Å². The van der Waals surface area contributed by atoms with Gasteiger partial charge in [0, 0.05) is 17.1 Å². The summed E-state index contributed by atoms with van der Waals surface area (Å²) in [4.78, 5) is 16.9. The number of hydrogen-bond donors (Lipinski definition) is 1. The summed E-state index contributed by atoms with van der Waals surface area (Å²) in [5, 5.41) is 11.6. The van der Waals surface area contributed by atoms with E-state index < -0.39 is 30.7 Å². The Labute approximate surface area is 165 Å². The van der Waals surface area contributed by atoms with Crippen molar-refractivity contribution in [2.24, 2.45) is 11.7 Å². The van der Waals surface area contributed by atoms with Gasteiger partial charge in [0.1, 0.15) is 11.0 Å². The van der Waals surface area contributed by atoms with Gasteiger partial charge in [-0.05, 0) is 17.9 Å². The van der Waals surface area contributed by atoms with E-state index in [1.807, 2.05) is 0 Å². The quantitative estimate of drug-likeness (QED) is 0.663. The smallest absolute Gasteiger partial charge is 0.368 e. The minimum atomic E-state index is -4.69. The van der Waals surface area contributed by atoms with Gasteiger partial charge in [0.05, 0.1) is 18.7 Å². The molecule has 1 heterocycles. The van der Waals surface area contributed by atoms with Crippen LogP contribution in [-0.4, -0.2) is 34.6 Å². The van der Waals surface area contributed by atoms with Crippen LogP contribution in [0.3, 0.4) is 0 Å². The normalized spacial score (nSPS) is 14.1. The summed E-state index contributed by atoms with van der Waals surface area (Å²) < 4.78 is 42.0. The van der Waals surface area contributed by atoms with Gasteiger partial charge in [-0.25, -0.2) is 4.98 Å². The molecule has 0 bridgehead atoms. The molecule has 1 aromatic heterocycles. The number of aromatic nitrogens is 1. The minimum absolute atomic E-state index is 0.0573. The summed E-state index contributed by atoms with van der Waals surface area (Å²) in [6.07, 6.45) is -2.95. The SMILES string of the molecule is CC(C)C[C@@H](C(N)=O)N(CC#N)[C@@H](c1ccc(-c2nccs2)cc1)C(F)(F)F. The Balaban J connectivity index is 2.47. The average molecular weight is 410 g/mol. The Bertz CT molecular complexity index is 813. The first-order valence-corrected chi connectivity index (χ1v) is 9.51. The standard InChI is InChI=1S/C19H21F3N4OS/c1-12(2)11-15(17(24)27)26(9-7-23)16(19(20,21)22)13-3-5-14(6-4-13)18-25-8-10-28-18/h3-6,8,10,12,15-16H,9,11H2,1-2H3,(H2,24,27)/t15-,16-/m0/s1. The Hall–Kier alpha value is -2.44. The zero-order valence-corrected chi connectivity index (χ0v) is 16.3. The van der Waals surface area contributed by atoms with E-state index in [2.05, 4.69) is 4.98 Å². The van der Waals surface area contributed by atoms with Gasteiger partial charge in [-0.15, -0.1) is 11.3 Å². The monoisotopic (exact) mass is 410 g/mol. The van der Waals surface area contributed by atoms with Gasteiger partial charge in [0.2, 0.25) is 5.91 Å². The maximum absolute atomic E-state index is 14.0. The third-order valence-electron chi connectivity index (χ3n) is 4.22. The lowest BCUT2D eigenvalue weighted by Crippen LogP contribution is -2.51. The van der Waals surface area contributed by atoms with E-state index in [1.165, 1.54) is 23.5 Å². The highest BCUT2D eigenvalue weighted by Gasteiger charge is 2.47. The van der Waals surface area contributed by atoms with Crippen LogP contribution in [0.5, 0.6) is 0 Å². The van der Waals surface area contributed by atoms with E-state index in [4.69, 9.17) is 11.0 Å². The van der Waals surface area contributed by atoms with E-state index in [-0.39, 0.29) is 17.9 Å². The Kier molecular flexibility index (Phi) is 7.16. The maximum atomic E-state index is 14.0. The second-order valence-corrected chi connectivity index (χ2v) is 7.68. The van der Waals surface area contributed by atoms with E-state index >= 15 is 0 Å². The third kappa shape index (κ3) is 5.30. The molecule has 2 N–H and O–H groups in total. The fraction of sp³-hybridized carbons (Fsp3) is 0.421. The van der Waals surface area contributed by atoms with E-state index in [1.54, 1.807) is 43.6 Å². The van der Waals surface area contributed by atoms with Crippen LogP contribution >= 0.6 is 11.3 Å². The van der Waals surface area contributed by atoms with Gasteiger partial charge < -0.3 is 5.73 Å². The van der Waals surface area contributed by atoms with E-state index in [0.29, 0.717) is 10.6 Å². The number of nitrogens with two attached hydrogens (primary N) is 1. The first-order valence-electron chi connectivity index (χ1n) is 8.63. The van der Waals surface area contributed by atoms with Crippen molar-refractivity contribution in [2.45, 2.75) is 38.5 Å². The van der Waals surface area contributed by atoms with E-state index in [9.17, 15) is 18.0 Å². The maximum Gasteiger partial charge on any atom is 0.408 e. The molecule has 0 saturated carbocycles. The number of nitriles is 1. The number of hydrogen-bond acceptors (Lipinski definition) is 5.